The highest BCUT2D eigenvalue weighted by atomic mass is 16.2. The minimum absolute atomic E-state index is 0.00716. The fourth-order valence-corrected chi connectivity index (χ4v) is 3.11. The van der Waals surface area contributed by atoms with Gasteiger partial charge in [-0.05, 0) is 45.0 Å². The first-order valence-corrected chi connectivity index (χ1v) is 7.24. The first-order chi connectivity index (χ1) is 10.1. The zero-order valence-electron chi connectivity index (χ0n) is 12.8. The molecular weight excluding hydrogens is 264 g/mol. The van der Waals surface area contributed by atoms with Crippen molar-refractivity contribution in [2.24, 2.45) is 0 Å². The van der Waals surface area contributed by atoms with E-state index in [0.29, 0.717) is 0 Å². The molecule has 0 aliphatic carbocycles. The second-order valence-electron chi connectivity index (χ2n) is 5.40. The van der Waals surface area contributed by atoms with Crippen LogP contribution in [0.1, 0.15) is 35.5 Å². The minimum atomic E-state index is -0.263. The van der Waals surface area contributed by atoms with Gasteiger partial charge < -0.3 is 10.6 Å². The van der Waals surface area contributed by atoms with E-state index >= 15 is 0 Å². The number of aryl methyl sites for hydroxylation is 1. The Hall–Kier alpha value is -2.14. The van der Waals surface area contributed by atoms with Crippen LogP contribution in [0.3, 0.4) is 0 Å². The smallest absolute Gasteiger partial charge is 0.246 e. The van der Waals surface area contributed by atoms with Crippen LogP contribution in [0.5, 0.6) is 0 Å². The Kier molecular flexibility index (Phi) is 3.29. The van der Waals surface area contributed by atoms with E-state index in [1.54, 1.807) is 7.05 Å². The van der Waals surface area contributed by atoms with Crippen LogP contribution in [-0.4, -0.2) is 22.7 Å². The van der Waals surface area contributed by atoms with Crippen molar-refractivity contribution in [3.63, 3.8) is 0 Å². The molecule has 5 heteroatoms. The molecule has 0 fully saturated rings. The van der Waals surface area contributed by atoms with Crippen LogP contribution in [-0.2, 0) is 11.2 Å². The zero-order valence-corrected chi connectivity index (χ0v) is 12.8. The second kappa shape index (κ2) is 5.00. The van der Waals surface area contributed by atoms with Crippen LogP contribution >= 0.6 is 0 Å². The lowest BCUT2D eigenvalue weighted by Crippen LogP contribution is -2.23. The van der Waals surface area contributed by atoms with Crippen LogP contribution in [0.2, 0.25) is 0 Å². The number of rotatable bonds is 3. The molecule has 1 aliphatic rings. The van der Waals surface area contributed by atoms with Gasteiger partial charge in [0, 0.05) is 16.9 Å². The molecule has 1 atom stereocenters. The fourth-order valence-electron chi connectivity index (χ4n) is 3.11. The number of aromatic nitrogens is 2. The molecule has 21 heavy (non-hydrogen) atoms. The van der Waals surface area contributed by atoms with Gasteiger partial charge >= 0.3 is 0 Å². The van der Waals surface area contributed by atoms with Crippen LogP contribution in [0, 0.1) is 13.8 Å². The predicted octanol–water partition coefficient (Wildman–Crippen LogP) is 2.26. The molecule has 1 aromatic carbocycles. The molecule has 0 bridgehead atoms. The topological polar surface area (TPSA) is 59.0 Å². The van der Waals surface area contributed by atoms with Gasteiger partial charge in [0.2, 0.25) is 5.91 Å². The largest absolute Gasteiger partial charge is 0.324 e. The van der Waals surface area contributed by atoms with E-state index in [4.69, 9.17) is 0 Å². The SMILES string of the molecule is CCc1c(C)nn(-c2ccc3c(c2)NC(=O)C3NC)c1C. The van der Waals surface area contributed by atoms with Gasteiger partial charge in [0.15, 0.2) is 0 Å². The first-order valence-electron chi connectivity index (χ1n) is 7.24. The van der Waals surface area contributed by atoms with Gasteiger partial charge in [-0.25, -0.2) is 4.68 Å². The summed E-state index contributed by atoms with van der Waals surface area (Å²) >= 11 is 0. The van der Waals surface area contributed by atoms with Crippen molar-refractivity contribution >= 4 is 11.6 Å². The Bertz CT molecular complexity index is 717. The highest BCUT2D eigenvalue weighted by Crippen LogP contribution is 2.32. The summed E-state index contributed by atoms with van der Waals surface area (Å²) in [7, 11) is 1.79. The third-order valence-electron chi connectivity index (χ3n) is 4.20. The average Bonchev–Trinajstić information content (AvgIpc) is 2.93. The minimum Gasteiger partial charge on any atom is -0.324 e. The number of nitrogens with one attached hydrogen (secondary N) is 2. The summed E-state index contributed by atoms with van der Waals surface area (Å²) in [6, 6.07) is 5.73. The Balaban J connectivity index is 2.07. The summed E-state index contributed by atoms with van der Waals surface area (Å²) < 4.78 is 1.95. The molecule has 2 heterocycles. The van der Waals surface area contributed by atoms with Gasteiger partial charge in [-0.1, -0.05) is 13.0 Å². The summed E-state index contributed by atoms with van der Waals surface area (Å²) in [5.41, 5.74) is 6.33. The van der Waals surface area contributed by atoms with E-state index < -0.39 is 0 Å². The van der Waals surface area contributed by atoms with Gasteiger partial charge in [0.25, 0.3) is 0 Å². The number of likely N-dealkylation sites (N-methyl/N-ethyl adjacent to an activating group) is 1. The fraction of sp³-hybridized carbons (Fsp3) is 0.375. The van der Waals surface area contributed by atoms with Crippen LogP contribution in [0.25, 0.3) is 5.69 Å². The molecule has 1 amide bonds. The van der Waals surface area contributed by atoms with Gasteiger partial charge in [0.05, 0.1) is 11.4 Å². The number of hydrogen-bond acceptors (Lipinski definition) is 3. The van der Waals surface area contributed by atoms with Crippen molar-refractivity contribution in [3.8, 4) is 5.69 Å². The van der Waals surface area contributed by atoms with Crippen molar-refractivity contribution in [1.29, 1.82) is 0 Å². The molecular formula is C16H20N4O. The molecule has 0 spiro atoms. The van der Waals surface area contributed by atoms with Gasteiger partial charge in [-0.15, -0.1) is 0 Å². The number of benzene rings is 1. The van der Waals surface area contributed by atoms with E-state index in [0.717, 1.165) is 34.7 Å². The maximum absolute atomic E-state index is 11.9. The summed E-state index contributed by atoms with van der Waals surface area (Å²) in [6.45, 7) is 6.26. The van der Waals surface area contributed by atoms with E-state index in [2.05, 4.69) is 29.6 Å². The molecule has 2 aromatic rings. The molecule has 110 valence electrons. The average molecular weight is 284 g/mol. The Morgan fingerprint density at radius 3 is 2.76 bits per heavy atom. The summed E-state index contributed by atoms with van der Waals surface area (Å²) in [6.07, 6.45) is 0.973. The molecule has 1 unspecified atom stereocenters. The Labute approximate surface area is 124 Å². The summed E-state index contributed by atoms with van der Waals surface area (Å²) in [5.74, 6) is -0.00716. The molecule has 0 saturated heterocycles. The highest BCUT2D eigenvalue weighted by Gasteiger charge is 2.29. The molecule has 2 N–H and O–H groups in total. The summed E-state index contributed by atoms with van der Waals surface area (Å²) in [5, 5.41) is 10.6. The lowest BCUT2D eigenvalue weighted by Gasteiger charge is -2.09. The maximum atomic E-state index is 11.9. The van der Waals surface area contributed by atoms with Crippen LogP contribution in [0.15, 0.2) is 18.2 Å². The van der Waals surface area contributed by atoms with Crippen LogP contribution < -0.4 is 10.6 Å². The second-order valence-corrected chi connectivity index (χ2v) is 5.40. The van der Waals surface area contributed by atoms with Gasteiger partial charge in [0.1, 0.15) is 6.04 Å². The molecule has 0 saturated carbocycles. The third kappa shape index (κ3) is 2.05. The number of nitrogens with zero attached hydrogens (tertiary/aromatic N) is 2. The molecule has 1 aliphatic heterocycles. The van der Waals surface area contributed by atoms with Crippen LogP contribution in [0.4, 0.5) is 5.69 Å². The van der Waals surface area contributed by atoms with E-state index in [-0.39, 0.29) is 11.9 Å². The molecule has 3 rings (SSSR count). The van der Waals surface area contributed by atoms with Crippen molar-refractivity contribution < 1.29 is 4.79 Å². The number of carbonyl (C=O) groups is 1. The van der Waals surface area contributed by atoms with Crippen molar-refractivity contribution in [1.82, 2.24) is 15.1 Å². The van der Waals surface area contributed by atoms with Crippen molar-refractivity contribution in [2.75, 3.05) is 12.4 Å². The first kappa shape index (κ1) is 13.8. The summed E-state index contributed by atoms with van der Waals surface area (Å²) in [4.78, 5) is 11.9. The number of hydrogen-bond donors (Lipinski definition) is 2. The lowest BCUT2D eigenvalue weighted by atomic mass is 10.1. The zero-order chi connectivity index (χ0) is 15.1. The number of carbonyl (C=O) groups excluding carboxylic acids is 1. The van der Waals surface area contributed by atoms with Gasteiger partial charge in [-0.2, -0.15) is 5.10 Å². The standard InChI is InChI=1S/C16H20N4O/c1-5-12-9(2)19-20(10(12)3)11-6-7-13-14(8-11)18-16(21)15(13)17-4/h6-8,15,17H,5H2,1-4H3,(H,18,21). The van der Waals surface area contributed by atoms with Crippen molar-refractivity contribution in [2.45, 2.75) is 33.2 Å². The lowest BCUT2D eigenvalue weighted by molar-refractivity contribution is -0.117. The molecule has 5 nitrogen and oxygen atoms in total. The number of fused-ring (bicyclic) bond motifs is 1. The number of anilines is 1. The van der Waals surface area contributed by atoms with Crippen molar-refractivity contribution in [3.05, 3.63) is 40.7 Å². The predicted molar refractivity (Wildman–Crippen MR) is 82.8 cm³/mol. The van der Waals surface area contributed by atoms with E-state index in [9.17, 15) is 4.79 Å². The highest BCUT2D eigenvalue weighted by molar-refractivity contribution is 6.02. The molecule has 1 aromatic heterocycles. The number of amides is 1. The monoisotopic (exact) mass is 284 g/mol. The maximum Gasteiger partial charge on any atom is 0.246 e. The Morgan fingerprint density at radius 1 is 1.38 bits per heavy atom. The van der Waals surface area contributed by atoms with E-state index in [1.807, 2.05) is 29.8 Å². The normalized spacial score (nSPS) is 17.0. The Morgan fingerprint density at radius 2 is 2.14 bits per heavy atom. The third-order valence-corrected chi connectivity index (χ3v) is 4.20. The quantitative estimate of drug-likeness (QED) is 0.909. The van der Waals surface area contributed by atoms with E-state index in [1.165, 1.54) is 5.56 Å². The molecule has 0 radical (unpaired) electrons. The van der Waals surface area contributed by atoms with Gasteiger partial charge in [-0.3, -0.25) is 4.79 Å².